The number of amides is 1. The van der Waals surface area contributed by atoms with Gasteiger partial charge in [-0.2, -0.15) is 0 Å². The second kappa shape index (κ2) is 9.84. The lowest BCUT2D eigenvalue weighted by atomic mass is 10.1. The van der Waals surface area contributed by atoms with Gasteiger partial charge in [-0.3, -0.25) is 9.59 Å². The molecule has 0 heterocycles. The Morgan fingerprint density at radius 2 is 1.72 bits per heavy atom. The van der Waals surface area contributed by atoms with Crippen LogP contribution in [0, 0.1) is 0 Å². The molecule has 0 aliphatic heterocycles. The number of rotatable bonds is 8. The predicted molar refractivity (Wildman–Crippen MR) is 98.5 cm³/mol. The number of esters is 1. The first-order valence-electron chi connectivity index (χ1n) is 8.26. The summed E-state index contributed by atoms with van der Waals surface area (Å²) in [6, 6.07) is 17.1. The largest absolute Gasteiger partial charge is 0.455 e. The van der Waals surface area contributed by atoms with Gasteiger partial charge in [0.25, 0.3) is 5.91 Å². The van der Waals surface area contributed by atoms with Gasteiger partial charge < -0.3 is 10.1 Å². The maximum absolute atomic E-state index is 11.9. The van der Waals surface area contributed by atoms with Crippen LogP contribution in [0.1, 0.15) is 24.5 Å². The zero-order chi connectivity index (χ0) is 18.1. The summed E-state index contributed by atoms with van der Waals surface area (Å²) in [6.45, 7) is 1.68. The molecule has 2 aromatic rings. The molecule has 1 atom stereocenters. The summed E-state index contributed by atoms with van der Waals surface area (Å²) in [5.41, 5.74) is 2.03. The van der Waals surface area contributed by atoms with Gasteiger partial charge in [-0.1, -0.05) is 54.1 Å². The minimum atomic E-state index is -0.436. The molecule has 0 bridgehead atoms. The van der Waals surface area contributed by atoms with E-state index in [9.17, 15) is 9.59 Å². The molecule has 0 aromatic heterocycles. The molecule has 132 valence electrons. The van der Waals surface area contributed by atoms with Gasteiger partial charge in [0.15, 0.2) is 6.61 Å². The molecular weight excluding hydrogens is 338 g/mol. The molecule has 2 rings (SSSR count). The Labute approximate surface area is 153 Å². The van der Waals surface area contributed by atoms with Crippen molar-refractivity contribution < 1.29 is 14.3 Å². The van der Waals surface area contributed by atoms with Crippen LogP contribution in [0.5, 0.6) is 0 Å². The van der Waals surface area contributed by atoms with Crippen molar-refractivity contribution in [1.29, 1.82) is 0 Å². The number of ether oxygens (including phenoxy) is 1. The molecule has 0 spiro atoms. The molecule has 0 unspecified atom stereocenters. The Morgan fingerprint density at radius 1 is 1.04 bits per heavy atom. The Kier molecular flexibility index (Phi) is 7.48. The third-order valence-corrected chi connectivity index (χ3v) is 3.99. The summed E-state index contributed by atoms with van der Waals surface area (Å²) >= 11 is 5.80. The third-order valence-electron chi connectivity index (χ3n) is 3.74. The van der Waals surface area contributed by atoms with Crippen molar-refractivity contribution in [1.82, 2.24) is 5.32 Å². The van der Waals surface area contributed by atoms with E-state index in [2.05, 4.69) is 17.4 Å². The number of nitrogens with one attached hydrogen (secondary N) is 1. The molecule has 2 aromatic carbocycles. The van der Waals surface area contributed by atoms with Gasteiger partial charge >= 0.3 is 5.97 Å². The van der Waals surface area contributed by atoms with Gasteiger partial charge in [0, 0.05) is 11.1 Å². The van der Waals surface area contributed by atoms with Crippen molar-refractivity contribution in [3.05, 3.63) is 70.7 Å². The summed E-state index contributed by atoms with van der Waals surface area (Å²) in [7, 11) is 0. The van der Waals surface area contributed by atoms with Gasteiger partial charge in [-0.05, 0) is 43.0 Å². The van der Waals surface area contributed by atoms with E-state index < -0.39 is 5.97 Å². The van der Waals surface area contributed by atoms with E-state index in [0.717, 1.165) is 18.4 Å². The van der Waals surface area contributed by atoms with Gasteiger partial charge in [0.1, 0.15) is 0 Å². The van der Waals surface area contributed by atoms with Gasteiger partial charge in [-0.15, -0.1) is 0 Å². The highest BCUT2D eigenvalue weighted by atomic mass is 35.5. The second-order valence-electron chi connectivity index (χ2n) is 5.96. The SMILES string of the molecule is C[C@H](CCc1ccccc1)NC(=O)COC(=O)Cc1ccc(Cl)cc1. The molecule has 0 fully saturated rings. The fourth-order valence-corrected chi connectivity index (χ4v) is 2.51. The molecule has 0 radical (unpaired) electrons. The Balaban J connectivity index is 1.65. The molecule has 0 saturated heterocycles. The summed E-state index contributed by atoms with van der Waals surface area (Å²) in [6.07, 6.45) is 1.83. The number of carbonyl (C=O) groups excluding carboxylic acids is 2. The maximum Gasteiger partial charge on any atom is 0.310 e. The standard InChI is InChI=1S/C20H22ClNO3/c1-15(7-8-16-5-3-2-4-6-16)22-19(23)14-25-20(24)13-17-9-11-18(21)12-10-17/h2-6,9-12,15H,7-8,13-14H2,1H3,(H,22,23)/t15-/m1/s1. The minimum absolute atomic E-state index is 0.0164. The maximum atomic E-state index is 11.9. The van der Waals surface area contributed by atoms with Crippen molar-refractivity contribution in [2.45, 2.75) is 32.2 Å². The predicted octanol–water partition coefficient (Wildman–Crippen LogP) is 3.56. The summed E-state index contributed by atoms with van der Waals surface area (Å²) in [5, 5.41) is 3.46. The van der Waals surface area contributed by atoms with Crippen LogP contribution >= 0.6 is 11.6 Å². The van der Waals surface area contributed by atoms with E-state index in [1.807, 2.05) is 25.1 Å². The number of hydrogen-bond acceptors (Lipinski definition) is 3. The molecule has 1 amide bonds. The van der Waals surface area contributed by atoms with Crippen molar-refractivity contribution in [2.75, 3.05) is 6.61 Å². The lowest BCUT2D eigenvalue weighted by Crippen LogP contribution is -2.36. The Bertz CT molecular complexity index is 686. The van der Waals surface area contributed by atoms with Crippen molar-refractivity contribution >= 4 is 23.5 Å². The summed E-state index contributed by atoms with van der Waals surface area (Å²) < 4.78 is 5.02. The number of benzene rings is 2. The fourth-order valence-electron chi connectivity index (χ4n) is 2.38. The van der Waals surface area contributed by atoms with Crippen LogP contribution in [-0.2, 0) is 27.2 Å². The van der Waals surface area contributed by atoms with Gasteiger partial charge in [0.05, 0.1) is 6.42 Å². The first kappa shape index (κ1) is 19.0. The highest BCUT2D eigenvalue weighted by Crippen LogP contribution is 2.10. The van der Waals surface area contributed by atoms with Crippen molar-refractivity contribution in [2.24, 2.45) is 0 Å². The number of carbonyl (C=O) groups is 2. The smallest absolute Gasteiger partial charge is 0.310 e. The first-order chi connectivity index (χ1) is 12.0. The van der Waals surface area contributed by atoms with Crippen LogP contribution in [0.4, 0.5) is 0 Å². The number of hydrogen-bond donors (Lipinski definition) is 1. The summed E-state index contributed by atoms with van der Waals surface area (Å²) in [5.74, 6) is -0.723. The van der Waals surface area contributed by atoms with E-state index >= 15 is 0 Å². The fraction of sp³-hybridized carbons (Fsp3) is 0.300. The highest BCUT2D eigenvalue weighted by molar-refractivity contribution is 6.30. The van der Waals surface area contributed by atoms with Crippen LogP contribution < -0.4 is 5.32 Å². The minimum Gasteiger partial charge on any atom is -0.455 e. The zero-order valence-corrected chi connectivity index (χ0v) is 15.0. The van der Waals surface area contributed by atoms with Crippen molar-refractivity contribution in [3.8, 4) is 0 Å². The average Bonchev–Trinajstić information content (AvgIpc) is 2.61. The van der Waals surface area contributed by atoms with Crippen LogP contribution in [0.25, 0.3) is 0 Å². The monoisotopic (exact) mass is 359 g/mol. The van der Waals surface area contributed by atoms with E-state index in [4.69, 9.17) is 16.3 Å². The van der Waals surface area contributed by atoms with E-state index in [0.29, 0.717) is 5.02 Å². The van der Waals surface area contributed by atoms with E-state index in [1.165, 1.54) is 5.56 Å². The number of halogens is 1. The highest BCUT2D eigenvalue weighted by Gasteiger charge is 2.11. The van der Waals surface area contributed by atoms with Crippen LogP contribution in [0.15, 0.2) is 54.6 Å². The normalized spacial score (nSPS) is 11.6. The van der Waals surface area contributed by atoms with Crippen molar-refractivity contribution in [3.63, 3.8) is 0 Å². The van der Waals surface area contributed by atoms with Gasteiger partial charge in [-0.25, -0.2) is 0 Å². The topological polar surface area (TPSA) is 55.4 Å². The molecular formula is C20H22ClNO3. The molecule has 0 aliphatic rings. The molecule has 25 heavy (non-hydrogen) atoms. The lowest BCUT2D eigenvalue weighted by Gasteiger charge is -2.14. The van der Waals surface area contributed by atoms with Crippen LogP contribution in [0.2, 0.25) is 5.02 Å². The Morgan fingerprint density at radius 3 is 2.40 bits per heavy atom. The third kappa shape index (κ3) is 7.40. The molecule has 4 nitrogen and oxygen atoms in total. The first-order valence-corrected chi connectivity index (χ1v) is 8.64. The molecule has 0 aliphatic carbocycles. The van der Waals surface area contributed by atoms with Crippen LogP contribution in [0.3, 0.4) is 0 Å². The Hall–Kier alpha value is -2.33. The van der Waals surface area contributed by atoms with Gasteiger partial charge in [0.2, 0.25) is 0 Å². The second-order valence-corrected chi connectivity index (χ2v) is 6.39. The molecule has 1 N–H and O–H groups in total. The zero-order valence-electron chi connectivity index (χ0n) is 14.2. The summed E-state index contributed by atoms with van der Waals surface area (Å²) in [4.78, 5) is 23.6. The average molecular weight is 360 g/mol. The van der Waals surface area contributed by atoms with Crippen LogP contribution in [-0.4, -0.2) is 24.5 Å². The number of aryl methyl sites for hydroxylation is 1. The quantitative estimate of drug-likeness (QED) is 0.733. The molecule has 0 saturated carbocycles. The van der Waals surface area contributed by atoms with E-state index in [-0.39, 0.29) is 25.0 Å². The van der Waals surface area contributed by atoms with E-state index in [1.54, 1.807) is 24.3 Å². The molecule has 5 heteroatoms. The lowest BCUT2D eigenvalue weighted by molar-refractivity contribution is -0.148.